The Kier molecular flexibility index (Phi) is 8.69. The molecule has 4 rings (SSSR count). The molecule has 9 heteroatoms. The van der Waals surface area contributed by atoms with Crippen LogP contribution in [0.5, 0.6) is 0 Å². The van der Waals surface area contributed by atoms with Crippen molar-refractivity contribution in [3.63, 3.8) is 0 Å². The van der Waals surface area contributed by atoms with Crippen molar-refractivity contribution in [3.8, 4) is 0 Å². The average molecular weight is 506 g/mol. The Hall–Kier alpha value is -3.43. The molecule has 0 atom stereocenters. The van der Waals surface area contributed by atoms with Crippen molar-refractivity contribution >= 4 is 57.2 Å². The average Bonchev–Trinajstić information content (AvgIpc) is 2.90. The summed E-state index contributed by atoms with van der Waals surface area (Å²) in [5.74, 6) is 0.214. The fourth-order valence-corrected chi connectivity index (χ4v) is 4.96. The van der Waals surface area contributed by atoms with Crippen molar-refractivity contribution in [1.29, 1.82) is 0 Å². The summed E-state index contributed by atoms with van der Waals surface area (Å²) in [5.41, 5.74) is 2.78. The van der Waals surface area contributed by atoms with Gasteiger partial charge in [0.25, 0.3) is 5.91 Å². The molecule has 1 saturated heterocycles. The molecule has 2 aromatic carbocycles. The molecule has 0 spiro atoms. The van der Waals surface area contributed by atoms with Crippen molar-refractivity contribution in [2.75, 3.05) is 47.5 Å². The maximum absolute atomic E-state index is 12.4. The lowest BCUT2D eigenvalue weighted by Crippen LogP contribution is -2.47. The Balaban J connectivity index is 1.18. The number of carbonyl (C=O) groups excluding carboxylic acids is 2. The van der Waals surface area contributed by atoms with Crippen LogP contribution in [-0.2, 0) is 4.79 Å². The van der Waals surface area contributed by atoms with Gasteiger partial charge >= 0.3 is 0 Å². The molecule has 2 heterocycles. The first-order valence-corrected chi connectivity index (χ1v) is 12.8. The van der Waals surface area contributed by atoms with E-state index in [-0.39, 0.29) is 11.8 Å². The van der Waals surface area contributed by atoms with Crippen molar-refractivity contribution in [3.05, 3.63) is 84.7 Å². The number of nitrogens with zero attached hydrogens (tertiary/aromatic N) is 3. The molecule has 1 fully saturated rings. The second-order valence-electron chi connectivity index (χ2n) is 7.97. The van der Waals surface area contributed by atoms with Gasteiger partial charge in [0.1, 0.15) is 10.0 Å². The number of aromatic nitrogens is 1. The summed E-state index contributed by atoms with van der Waals surface area (Å²) in [6.45, 7) is 3.62. The molecule has 2 N–H and O–H groups in total. The number of carbonyl (C=O) groups is 2. The Morgan fingerprint density at radius 2 is 1.60 bits per heavy atom. The molecule has 0 bridgehead atoms. The van der Waals surface area contributed by atoms with Crippen molar-refractivity contribution in [2.24, 2.45) is 0 Å². The van der Waals surface area contributed by atoms with Gasteiger partial charge in [-0.25, -0.2) is 0 Å². The first kappa shape index (κ1) is 24.7. The Morgan fingerprint density at radius 3 is 2.31 bits per heavy atom. The van der Waals surface area contributed by atoms with Gasteiger partial charge in [-0.05, 0) is 42.5 Å². The molecule has 1 aliphatic heterocycles. The van der Waals surface area contributed by atoms with E-state index in [2.05, 4.69) is 49.7 Å². The number of thiocarbonyl (C=S) groups is 1. The number of rotatable bonds is 7. The summed E-state index contributed by atoms with van der Waals surface area (Å²) in [6.07, 6.45) is 1.92. The van der Waals surface area contributed by atoms with Gasteiger partial charge in [-0.15, -0.1) is 0 Å². The number of piperazine rings is 1. The lowest BCUT2D eigenvalue weighted by atomic mass is 10.2. The third kappa shape index (κ3) is 7.27. The topological polar surface area (TPSA) is 77.6 Å². The molecule has 0 saturated carbocycles. The third-order valence-corrected chi connectivity index (χ3v) is 7.04. The number of thioether (sulfide) groups is 1. The van der Waals surface area contributed by atoms with Crippen LogP contribution in [0.1, 0.15) is 16.9 Å². The van der Waals surface area contributed by atoms with E-state index in [4.69, 9.17) is 12.2 Å². The van der Waals surface area contributed by atoms with E-state index >= 15 is 0 Å². The fourth-order valence-electron chi connectivity index (χ4n) is 3.70. The van der Waals surface area contributed by atoms with Crippen LogP contribution >= 0.6 is 24.0 Å². The number of anilines is 3. The fraction of sp³-hybridized carbons (Fsp3) is 0.231. The van der Waals surface area contributed by atoms with Crippen LogP contribution in [0.2, 0.25) is 0 Å². The molecule has 1 aliphatic rings. The predicted octanol–water partition coefficient (Wildman–Crippen LogP) is 4.50. The zero-order chi connectivity index (χ0) is 24.5. The van der Waals surface area contributed by atoms with E-state index in [1.165, 1.54) is 5.69 Å². The molecular formula is C26H27N5O2S2. The monoisotopic (exact) mass is 505 g/mol. The summed E-state index contributed by atoms with van der Waals surface area (Å²) in [4.78, 5) is 33.4. The van der Waals surface area contributed by atoms with Crippen molar-refractivity contribution < 1.29 is 9.59 Å². The van der Waals surface area contributed by atoms with E-state index < -0.39 is 0 Å². The highest BCUT2D eigenvalue weighted by Gasteiger charge is 2.19. The van der Waals surface area contributed by atoms with Gasteiger partial charge in [0, 0.05) is 61.6 Å². The molecule has 1 aromatic heterocycles. The lowest BCUT2D eigenvalue weighted by Gasteiger charge is -2.37. The van der Waals surface area contributed by atoms with Gasteiger partial charge in [0.05, 0.1) is 0 Å². The molecule has 180 valence electrons. The number of hydrogen-bond acceptors (Lipinski definition) is 6. The first-order valence-electron chi connectivity index (χ1n) is 11.4. The van der Waals surface area contributed by atoms with Gasteiger partial charge in [-0.1, -0.05) is 54.3 Å². The molecule has 35 heavy (non-hydrogen) atoms. The highest BCUT2D eigenvalue weighted by molar-refractivity contribution is 8.22. The van der Waals surface area contributed by atoms with Crippen LogP contribution in [0, 0.1) is 0 Å². The van der Waals surface area contributed by atoms with Crippen molar-refractivity contribution in [2.45, 2.75) is 6.42 Å². The summed E-state index contributed by atoms with van der Waals surface area (Å²) in [5, 5.41) is 5.69. The Morgan fingerprint density at radius 1 is 0.886 bits per heavy atom. The summed E-state index contributed by atoms with van der Waals surface area (Å²) >= 11 is 7.14. The van der Waals surface area contributed by atoms with E-state index in [0.717, 1.165) is 30.5 Å². The van der Waals surface area contributed by atoms with Crippen LogP contribution in [0.4, 0.5) is 17.1 Å². The number of benzene rings is 2. The van der Waals surface area contributed by atoms with E-state index in [9.17, 15) is 9.59 Å². The molecular weight excluding hydrogens is 478 g/mol. The second-order valence-corrected chi connectivity index (χ2v) is 9.70. The highest BCUT2D eigenvalue weighted by Crippen LogP contribution is 2.20. The molecule has 0 aliphatic carbocycles. The summed E-state index contributed by atoms with van der Waals surface area (Å²) < 4.78 is 0.838. The minimum Gasteiger partial charge on any atom is -0.368 e. The zero-order valence-corrected chi connectivity index (χ0v) is 20.9. The number of para-hydroxylation sites is 1. The third-order valence-electron chi connectivity index (χ3n) is 5.52. The van der Waals surface area contributed by atoms with E-state index in [1.807, 2.05) is 6.07 Å². The highest BCUT2D eigenvalue weighted by atomic mass is 32.2. The normalized spacial score (nSPS) is 13.3. The van der Waals surface area contributed by atoms with E-state index in [1.54, 1.807) is 60.4 Å². The summed E-state index contributed by atoms with van der Waals surface area (Å²) in [6, 6.07) is 22.6. The Bertz CT molecular complexity index is 1150. The predicted molar refractivity (Wildman–Crippen MR) is 147 cm³/mol. The maximum atomic E-state index is 12.4. The van der Waals surface area contributed by atoms with Crippen LogP contribution in [-0.4, -0.2) is 58.0 Å². The molecule has 0 unspecified atom stereocenters. The van der Waals surface area contributed by atoms with Crippen molar-refractivity contribution in [1.82, 2.24) is 9.88 Å². The molecule has 3 aromatic rings. The van der Waals surface area contributed by atoms with Gasteiger partial charge in [0.15, 0.2) is 0 Å². The van der Waals surface area contributed by atoms with E-state index in [0.29, 0.717) is 29.2 Å². The van der Waals surface area contributed by atoms with Crippen LogP contribution in [0.15, 0.2) is 79.0 Å². The number of pyridine rings is 1. The number of nitrogens with one attached hydrogen (secondary N) is 2. The largest absolute Gasteiger partial charge is 0.368 e. The first-order chi connectivity index (χ1) is 17.1. The minimum absolute atomic E-state index is 0.0950. The van der Waals surface area contributed by atoms with Gasteiger partial charge in [-0.2, -0.15) is 0 Å². The quantitative estimate of drug-likeness (QED) is 0.458. The second kappa shape index (κ2) is 12.3. The standard InChI is InChI=1S/C26H27N5O2S2/c32-24(28-20-7-6-8-21(19-20)29-25(33)23-11-4-5-13-27-23)12-18-35-26(34)31-16-14-30(15-17-31)22-9-2-1-3-10-22/h1-11,13,19H,12,14-18H2,(H,28,32)(H,29,33). The molecule has 0 radical (unpaired) electrons. The van der Waals surface area contributed by atoms with Crippen LogP contribution in [0.25, 0.3) is 0 Å². The van der Waals surface area contributed by atoms with Crippen LogP contribution in [0.3, 0.4) is 0 Å². The van der Waals surface area contributed by atoms with Gasteiger partial charge in [0.2, 0.25) is 5.91 Å². The summed E-state index contributed by atoms with van der Waals surface area (Å²) in [7, 11) is 0. The Labute approximate surface area is 214 Å². The molecule has 7 nitrogen and oxygen atoms in total. The number of amides is 2. The molecule has 2 amide bonds. The minimum atomic E-state index is -0.302. The van der Waals surface area contributed by atoms with Gasteiger partial charge in [-0.3, -0.25) is 14.6 Å². The van der Waals surface area contributed by atoms with Gasteiger partial charge < -0.3 is 20.4 Å². The zero-order valence-electron chi connectivity index (χ0n) is 19.2. The smallest absolute Gasteiger partial charge is 0.274 e. The number of hydrogen-bond donors (Lipinski definition) is 2. The lowest BCUT2D eigenvalue weighted by molar-refractivity contribution is -0.115. The SMILES string of the molecule is O=C(CCSC(=S)N1CCN(c2ccccc2)CC1)Nc1cccc(NC(=O)c2ccccn2)c1. The van der Waals surface area contributed by atoms with Crippen LogP contribution < -0.4 is 15.5 Å². The maximum Gasteiger partial charge on any atom is 0.274 e.